The van der Waals surface area contributed by atoms with Crippen LogP contribution in [0.1, 0.15) is 58.3 Å². The molecule has 0 aromatic heterocycles. The molecule has 3 N–H and O–H groups in total. The van der Waals surface area contributed by atoms with Crippen molar-refractivity contribution in [1.29, 1.82) is 0 Å². The first-order valence-electron chi connectivity index (χ1n) is 9.53. The summed E-state index contributed by atoms with van der Waals surface area (Å²) in [4.78, 5) is 20.0. The van der Waals surface area contributed by atoms with Gasteiger partial charge < -0.3 is 21.9 Å². The van der Waals surface area contributed by atoms with Gasteiger partial charge >= 0.3 is 41.5 Å². The molecule has 0 bridgehead atoms. The molecule has 0 fully saturated rings. The Morgan fingerprint density at radius 2 is 1.57 bits per heavy atom. The molecular formula is C20H31NaO8S. The van der Waals surface area contributed by atoms with E-state index in [0.29, 0.717) is 0 Å². The van der Waals surface area contributed by atoms with Crippen molar-refractivity contribution in [2.75, 3.05) is 0 Å². The summed E-state index contributed by atoms with van der Waals surface area (Å²) in [5, 5.41) is 13.9. The van der Waals surface area contributed by atoms with Crippen LogP contribution in [0.15, 0.2) is 30.3 Å². The molecular weight excluding hydrogens is 423 g/mol. The smallest absolute Gasteiger partial charge is 0.522 e. The molecule has 1 aromatic rings. The van der Waals surface area contributed by atoms with Gasteiger partial charge in [-0.25, -0.2) is 0 Å². The van der Waals surface area contributed by atoms with Crippen LogP contribution >= 0.6 is 0 Å². The Balaban J connectivity index is 0. The fourth-order valence-corrected chi connectivity index (χ4v) is 2.99. The quantitative estimate of drug-likeness (QED) is 0.172. The van der Waals surface area contributed by atoms with Gasteiger partial charge in [0.05, 0.1) is 6.42 Å². The van der Waals surface area contributed by atoms with Crippen LogP contribution in [-0.4, -0.2) is 46.5 Å². The van der Waals surface area contributed by atoms with Gasteiger partial charge in [0.25, 0.3) is 10.1 Å². The van der Waals surface area contributed by atoms with E-state index in [-0.39, 0.29) is 35.7 Å². The average Bonchev–Trinajstić information content (AvgIpc) is 2.63. The monoisotopic (exact) mass is 454 g/mol. The summed E-state index contributed by atoms with van der Waals surface area (Å²) in [7, 11) is -4.84. The number of hydrogen-bond donors (Lipinski definition) is 3. The predicted octanol–water partition coefficient (Wildman–Crippen LogP) is 0.825. The number of carbonyl (C=O) groups is 2. The van der Waals surface area contributed by atoms with Gasteiger partial charge in [0.2, 0.25) is 0 Å². The Bertz CT molecular complexity index is 694. The van der Waals surface area contributed by atoms with Crippen molar-refractivity contribution in [3.8, 4) is 5.75 Å². The van der Waals surface area contributed by atoms with E-state index in [1.165, 1.54) is 38.5 Å². The predicted molar refractivity (Wildman–Crippen MR) is 109 cm³/mol. The second-order valence-corrected chi connectivity index (χ2v) is 8.15. The SMILES string of the molecule is O=C(O)CC(C(=O)O)S(=O)(=O)O.[CH2-]C(CCCCCCCC)Oc1ccccc1.[Na+]. The van der Waals surface area contributed by atoms with Crippen LogP contribution in [0.25, 0.3) is 0 Å². The summed E-state index contributed by atoms with van der Waals surface area (Å²) in [6.07, 6.45) is 7.93. The van der Waals surface area contributed by atoms with Crippen LogP contribution in [-0.2, 0) is 19.7 Å². The van der Waals surface area contributed by atoms with E-state index in [0.717, 1.165) is 12.2 Å². The number of hydrogen-bond acceptors (Lipinski definition) is 5. The van der Waals surface area contributed by atoms with Gasteiger partial charge in [-0.3, -0.25) is 14.1 Å². The fourth-order valence-electron chi connectivity index (χ4n) is 2.38. The Morgan fingerprint density at radius 1 is 1.03 bits per heavy atom. The number of carboxylic acid groups (broad SMARTS) is 2. The molecule has 0 aliphatic rings. The maximum atomic E-state index is 10.2. The van der Waals surface area contributed by atoms with Crippen molar-refractivity contribution in [2.24, 2.45) is 0 Å². The zero-order chi connectivity index (χ0) is 22.3. The molecule has 0 spiro atoms. The number of unbranched alkanes of at least 4 members (excludes halogenated alkanes) is 5. The number of para-hydroxylation sites is 1. The largest absolute Gasteiger partial charge is 1.00 e. The van der Waals surface area contributed by atoms with Gasteiger partial charge in [-0.05, 0) is 24.7 Å². The second kappa shape index (κ2) is 17.5. The van der Waals surface area contributed by atoms with E-state index in [1.54, 1.807) is 0 Å². The summed E-state index contributed by atoms with van der Waals surface area (Å²) >= 11 is 0. The molecule has 166 valence electrons. The zero-order valence-corrected chi connectivity index (χ0v) is 20.5. The van der Waals surface area contributed by atoms with Crippen molar-refractivity contribution >= 4 is 22.1 Å². The number of aliphatic carboxylic acids is 2. The van der Waals surface area contributed by atoms with Crippen molar-refractivity contribution < 1.29 is 67.1 Å². The minimum atomic E-state index is -4.84. The minimum Gasteiger partial charge on any atom is -0.522 e. The van der Waals surface area contributed by atoms with E-state index in [1.807, 2.05) is 30.3 Å². The second-order valence-electron chi connectivity index (χ2n) is 6.55. The normalized spacial score (nSPS) is 12.5. The summed E-state index contributed by atoms with van der Waals surface area (Å²) in [5.74, 6) is -2.57. The molecule has 0 saturated heterocycles. The van der Waals surface area contributed by atoms with E-state index < -0.39 is 33.7 Å². The van der Waals surface area contributed by atoms with Gasteiger partial charge in [0.15, 0.2) is 5.25 Å². The standard InChI is InChI=1S/C16H25O.C4H6O7S.Na/c1-3-4-5-6-7-9-12-15(2)17-16-13-10-8-11-14-16;5-3(6)1-2(4(7)8)12(9,10)11;/h8,10-11,13-15H,2-7,9,12H2,1H3;2H,1H2,(H,5,6)(H,7,8)(H,9,10,11);/q-1;;+1. The molecule has 0 amide bonds. The van der Waals surface area contributed by atoms with Gasteiger partial charge in [-0.15, -0.1) is 0 Å². The first kappa shape index (κ1) is 31.1. The number of rotatable bonds is 13. The fraction of sp³-hybridized carbons (Fsp3) is 0.550. The zero-order valence-electron chi connectivity index (χ0n) is 17.7. The summed E-state index contributed by atoms with van der Waals surface area (Å²) in [5.41, 5.74) is 0. The van der Waals surface area contributed by atoms with Crippen molar-refractivity contribution in [2.45, 2.75) is 69.6 Å². The Kier molecular flexibility index (Phi) is 18.2. The van der Waals surface area contributed by atoms with Crippen LogP contribution in [0.4, 0.5) is 0 Å². The third kappa shape index (κ3) is 16.6. The molecule has 2 atom stereocenters. The van der Waals surface area contributed by atoms with Crippen LogP contribution in [0.3, 0.4) is 0 Å². The molecule has 1 rings (SSSR count). The first-order valence-corrected chi connectivity index (χ1v) is 11.0. The molecule has 10 heteroatoms. The maximum Gasteiger partial charge on any atom is 1.00 e. The van der Waals surface area contributed by atoms with E-state index in [9.17, 15) is 18.0 Å². The molecule has 8 nitrogen and oxygen atoms in total. The molecule has 0 aliphatic heterocycles. The van der Waals surface area contributed by atoms with Crippen LogP contribution in [0, 0.1) is 6.92 Å². The molecule has 0 heterocycles. The van der Waals surface area contributed by atoms with E-state index in [2.05, 4.69) is 13.8 Å². The topological polar surface area (TPSA) is 138 Å². The number of ether oxygens (including phenoxy) is 1. The number of carboxylic acids is 2. The van der Waals surface area contributed by atoms with E-state index in [4.69, 9.17) is 19.5 Å². The molecule has 0 aliphatic carbocycles. The molecule has 2 unspecified atom stereocenters. The Labute approximate surface area is 201 Å². The minimum absolute atomic E-state index is 0. The molecule has 0 radical (unpaired) electrons. The summed E-state index contributed by atoms with van der Waals surface area (Å²) < 4.78 is 34.4. The average molecular weight is 455 g/mol. The molecule has 0 saturated carbocycles. The van der Waals surface area contributed by atoms with E-state index >= 15 is 0 Å². The van der Waals surface area contributed by atoms with Crippen LogP contribution < -0.4 is 34.3 Å². The third-order valence-corrected chi connectivity index (χ3v) is 5.01. The van der Waals surface area contributed by atoms with Crippen LogP contribution in [0.5, 0.6) is 5.75 Å². The van der Waals surface area contributed by atoms with Crippen molar-refractivity contribution in [3.05, 3.63) is 37.3 Å². The van der Waals surface area contributed by atoms with Crippen LogP contribution in [0.2, 0.25) is 0 Å². The summed E-state index contributed by atoms with van der Waals surface area (Å²) in [6.45, 7) is 6.29. The van der Waals surface area contributed by atoms with Gasteiger partial charge in [-0.2, -0.15) is 8.42 Å². The third-order valence-electron chi connectivity index (χ3n) is 3.92. The van der Waals surface area contributed by atoms with Crippen molar-refractivity contribution in [1.82, 2.24) is 0 Å². The first-order chi connectivity index (χ1) is 13.6. The van der Waals surface area contributed by atoms with Gasteiger partial charge in [0, 0.05) is 0 Å². The van der Waals surface area contributed by atoms with Gasteiger partial charge in [0.1, 0.15) is 5.75 Å². The van der Waals surface area contributed by atoms with Crippen molar-refractivity contribution in [3.63, 3.8) is 0 Å². The number of benzene rings is 1. The maximum absolute atomic E-state index is 10.2. The Morgan fingerprint density at radius 3 is 2.00 bits per heavy atom. The molecule has 1 aromatic carbocycles. The Hall–Kier alpha value is -1.13. The molecule has 30 heavy (non-hydrogen) atoms. The van der Waals surface area contributed by atoms with Gasteiger partial charge in [-0.1, -0.05) is 63.6 Å². The summed E-state index contributed by atoms with van der Waals surface area (Å²) in [6, 6.07) is 9.96.